The van der Waals surface area contributed by atoms with Gasteiger partial charge < -0.3 is 9.47 Å². The Morgan fingerprint density at radius 2 is 1.86 bits per heavy atom. The molecule has 122 valence electrons. The Morgan fingerprint density at radius 1 is 1.19 bits per heavy atom. The van der Waals surface area contributed by atoms with E-state index < -0.39 is 0 Å². The number of fused-ring (bicyclic) bond motifs is 1. The topological polar surface area (TPSA) is 35.5 Å². The molecular weight excluding hydrogens is 264 g/mol. The minimum Gasteiger partial charge on any atom is -0.460 e. The van der Waals surface area contributed by atoms with Crippen molar-refractivity contribution in [2.24, 2.45) is 17.3 Å². The SMILES string of the molecule is CO[C@@]1(C)CCC[C@]2(C)CC[C@@H](C(C)(C)OC(C)=O)C[C@H]21. The van der Waals surface area contributed by atoms with E-state index in [1.807, 2.05) is 7.11 Å². The summed E-state index contributed by atoms with van der Waals surface area (Å²) in [7, 11) is 1.85. The molecule has 4 atom stereocenters. The highest BCUT2D eigenvalue weighted by atomic mass is 16.6. The summed E-state index contributed by atoms with van der Waals surface area (Å²) in [5.74, 6) is 0.802. The summed E-state index contributed by atoms with van der Waals surface area (Å²) in [5.41, 5.74) is -0.0248. The summed E-state index contributed by atoms with van der Waals surface area (Å²) >= 11 is 0. The molecular formula is C18H32O3. The Bertz CT molecular complexity index is 393. The number of carbonyl (C=O) groups excluding carboxylic acids is 1. The van der Waals surface area contributed by atoms with Crippen LogP contribution in [0.15, 0.2) is 0 Å². The van der Waals surface area contributed by atoms with E-state index in [0.717, 1.165) is 19.3 Å². The van der Waals surface area contributed by atoms with Crippen LogP contribution in [0.5, 0.6) is 0 Å². The zero-order valence-electron chi connectivity index (χ0n) is 14.6. The summed E-state index contributed by atoms with van der Waals surface area (Å²) in [4.78, 5) is 11.4. The smallest absolute Gasteiger partial charge is 0.303 e. The van der Waals surface area contributed by atoms with Gasteiger partial charge in [-0.2, -0.15) is 0 Å². The average Bonchev–Trinajstić information content (AvgIpc) is 2.36. The summed E-state index contributed by atoms with van der Waals surface area (Å²) in [6, 6.07) is 0. The number of hydrogen-bond acceptors (Lipinski definition) is 3. The van der Waals surface area contributed by atoms with Crippen molar-refractivity contribution in [2.45, 2.75) is 84.3 Å². The zero-order chi connectivity index (χ0) is 15.9. The molecule has 0 radical (unpaired) electrons. The van der Waals surface area contributed by atoms with Crippen LogP contribution in [0.25, 0.3) is 0 Å². The second-order valence-corrected chi connectivity index (χ2v) is 8.25. The van der Waals surface area contributed by atoms with Gasteiger partial charge in [-0.25, -0.2) is 0 Å². The van der Waals surface area contributed by atoms with E-state index in [2.05, 4.69) is 27.7 Å². The van der Waals surface area contributed by atoms with Crippen LogP contribution in [0, 0.1) is 17.3 Å². The van der Waals surface area contributed by atoms with Crippen LogP contribution in [0.1, 0.15) is 73.1 Å². The normalized spacial score (nSPS) is 40.5. The molecule has 0 saturated heterocycles. The maximum absolute atomic E-state index is 11.4. The molecule has 0 aliphatic heterocycles. The second-order valence-electron chi connectivity index (χ2n) is 8.25. The van der Waals surface area contributed by atoms with E-state index in [4.69, 9.17) is 9.47 Å². The molecule has 2 saturated carbocycles. The minimum atomic E-state index is -0.376. The fourth-order valence-corrected chi connectivity index (χ4v) is 5.00. The highest BCUT2D eigenvalue weighted by molar-refractivity contribution is 5.66. The minimum absolute atomic E-state index is 0.0298. The molecule has 0 heterocycles. The van der Waals surface area contributed by atoms with Crippen molar-refractivity contribution in [1.82, 2.24) is 0 Å². The van der Waals surface area contributed by atoms with E-state index in [0.29, 0.717) is 17.3 Å². The molecule has 21 heavy (non-hydrogen) atoms. The Labute approximate surface area is 129 Å². The Morgan fingerprint density at radius 3 is 2.43 bits per heavy atom. The van der Waals surface area contributed by atoms with Crippen LogP contribution in [0.4, 0.5) is 0 Å². The lowest BCUT2D eigenvalue weighted by molar-refractivity contribution is -0.177. The molecule has 0 spiro atoms. The lowest BCUT2D eigenvalue weighted by Gasteiger charge is -2.57. The lowest BCUT2D eigenvalue weighted by Crippen LogP contribution is -2.54. The van der Waals surface area contributed by atoms with Gasteiger partial charge in [-0.15, -0.1) is 0 Å². The maximum Gasteiger partial charge on any atom is 0.303 e. The quantitative estimate of drug-likeness (QED) is 0.727. The fraction of sp³-hybridized carbons (Fsp3) is 0.944. The number of carbonyl (C=O) groups is 1. The number of rotatable bonds is 3. The third-order valence-corrected chi connectivity index (χ3v) is 6.44. The van der Waals surface area contributed by atoms with Gasteiger partial charge in [-0.05, 0) is 70.1 Å². The monoisotopic (exact) mass is 296 g/mol. The third-order valence-electron chi connectivity index (χ3n) is 6.44. The highest BCUT2D eigenvalue weighted by Crippen LogP contribution is 2.57. The molecule has 2 aliphatic rings. The molecule has 3 heteroatoms. The van der Waals surface area contributed by atoms with Crippen LogP contribution in [-0.2, 0) is 14.3 Å². The van der Waals surface area contributed by atoms with Crippen LogP contribution in [-0.4, -0.2) is 24.3 Å². The van der Waals surface area contributed by atoms with Crippen LogP contribution >= 0.6 is 0 Å². The van der Waals surface area contributed by atoms with Gasteiger partial charge in [-0.1, -0.05) is 13.3 Å². The molecule has 3 nitrogen and oxygen atoms in total. The predicted octanol–water partition coefficient (Wildman–Crippen LogP) is 4.34. The molecule has 0 N–H and O–H groups in total. The summed E-state index contributed by atoms with van der Waals surface area (Å²) in [6.07, 6.45) is 7.16. The van der Waals surface area contributed by atoms with Gasteiger partial charge in [0.15, 0.2) is 0 Å². The van der Waals surface area contributed by atoms with Crippen molar-refractivity contribution in [3.8, 4) is 0 Å². The first-order valence-corrected chi connectivity index (χ1v) is 8.38. The van der Waals surface area contributed by atoms with Gasteiger partial charge in [0, 0.05) is 14.0 Å². The number of hydrogen-bond donors (Lipinski definition) is 0. The van der Waals surface area contributed by atoms with Crippen molar-refractivity contribution < 1.29 is 14.3 Å². The first-order chi connectivity index (χ1) is 9.63. The first-order valence-electron chi connectivity index (χ1n) is 8.38. The Balaban J connectivity index is 2.20. The lowest BCUT2D eigenvalue weighted by atomic mass is 9.52. The average molecular weight is 296 g/mol. The van der Waals surface area contributed by atoms with E-state index in [1.54, 1.807) is 0 Å². The molecule has 0 aromatic carbocycles. The highest BCUT2D eigenvalue weighted by Gasteiger charge is 2.54. The molecule has 2 aliphatic carbocycles. The van der Waals surface area contributed by atoms with Crippen LogP contribution in [0.3, 0.4) is 0 Å². The van der Waals surface area contributed by atoms with Gasteiger partial charge in [0.1, 0.15) is 5.60 Å². The summed E-state index contributed by atoms with van der Waals surface area (Å²) in [5, 5.41) is 0. The van der Waals surface area contributed by atoms with Crippen LogP contribution < -0.4 is 0 Å². The van der Waals surface area contributed by atoms with Crippen molar-refractivity contribution in [2.75, 3.05) is 7.11 Å². The molecule has 0 bridgehead atoms. The Kier molecular flexibility index (Phi) is 4.45. The van der Waals surface area contributed by atoms with E-state index in [-0.39, 0.29) is 17.2 Å². The van der Waals surface area contributed by atoms with E-state index in [9.17, 15) is 4.79 Å². The molecule has 2 fully saturated rings. The first kappa shape index (κ1) is 16.8. The van der Waals surface area contributed by atoms with E-state index in [1.165, 1.54) is 26.2 Å². The zero-order valence-corrected chi connectivity index (χ0v) is 14.6. The fourth-order valence-electron chi connectivity index (χ4n) is 5.00. The third kappa shape index (κ3) is 3.13. The summed E-state index contributed by atoms with van der Waals surface area (Å²) < 4.78 is 11.6. The van der Waals surface area contributed by atoms with Gasteiger partial charge in [-0.3, -0.25) is 4.79 Å². The van der Waals surface area contributed by atoms with Gasteiger partial charge in [0.2, 0.25) is 0 Å². The van der Waals surface area contributed by atoms with Crippen molar-refractivity contribution in [1.29, 1.82) is 0 Å². The van der Waals surface area contributed by atoms with Crippen molar-refractivity contribution in [3.05, 3.63) is 0 Å². The Hall–Kier alpha value is -0.570. The number of ether oxygens (including phenoxy) is 2. The second kappa shape index (κ2) is 5.57. The molecule has 0 aromatic rings. The van der Waals surface area contributed by atoms with E-state index >= 15 is 0 Å². The predicted molar refractivity (Wildman–Crippen MR) is 84.0 cm³/mol. The molecule has 2 rings (SSSR count). The van der Waals surface area contributed by atoms with Gasteiger partial charge in [0.05, 0.1) is 5.60 Å². The largest absolute Gasteiger partial charge is 0.460 e. The number of esters is 1. The van der Waals surface area contributed by atoms with Crippen molar-refractivity contribution in [3.63, 3.8) is 0 Å². The van der Waals surface area contributed by atoms with Crippen LogP contribution in [0.2, 0.25) is 0 Å². The molecule has 0 unspecified atom stereocenters. The maximum atomic E-state index is 11.4. The summed E-state index contributed by atoms with van der Waals surface area (Å²) in [6.45, 7) is 10.3. The van der Waals surface area contributed by atoms with Gasteiger partial charge in [0.25, 0.3) is 0 Å². The molecule has 0 aromatic heterocycles. The molecule has 0 amide bonds. The number of methoxy groups -OCH3 is 1. The van der Waals surface area contributed by atoms with Crippen molar-refractivity contribution >= 4 is 5.97 Å². The van der Waals surface area contributed by atoms with Gasteiger partial charge >= 0.3 is 5.97 Å². The standard InChI is InChI=1S/C18H32O3/c1-13(19)21-16(2,3)14-8-11-17(4)9-7-10-18(5,20-6)15(17)12-14/h14-15H,7-12H2,1-6H3/t14-,15-,17-,18+/m1/s1.